The first kappa shape index (κ1) is 22.1. The number of amides is 1. The number of carbonyl (C=O) groups is 1. The second kappa shape index (κ2) is 10.3. The molecule has 1 unspecified atom stereocenters. The van der Waals surface area contributed by atoms with E-state index < -0.39 is 6.10 Å². The van der Waals surface area contributed by atoms with Gasteiger partial charge in [0.05, 0.1) is 17.5 Å². The van der Waals surface area contributed by atoms with E-state index in [1.807, 2.05) is 36.4 Å². The lowest BCUT2D eigenvalue weighted by molar-refractivity contribution is -0.114. The fourth-order valence-corrected chi connectivity index (χ4v) is 3.82. The Labute approximate surface area is 172 Å². The van der Waals surface area contributed by atoms with Crippen LogP contribution in [0.25, 0.3) is 0 Å². The molecule has 28 heavy (non-hydrogen) atoms. The minimum atomic E-state index is -0.517. The quantitative estimate of drug-likeness (QED) is 0.502. The lowest BCUT2D eigenvalue weighted by atomic mass is 9.90. The molecule has 0 aromatic heterocycles. The first-order chi connectivity index (χ1) is 13.0. The Morgan fingerprint density at radius 2 is 2.04 bits per heavy atom. The molecule has 0 saturated heterocycles. The van der Waals surface area contributed by atoms with E-state index >= 15 is 0 Å². The topological polar surface area (TPSA) is 84.6 Å². The van der Waals surface area contributed by atoms with Crippen molar-refractivity contribution in [2.45, 2.75) is 45.1 Å². The Kier molecular flexibility index (Phi) is 8.15. The Morgan fingerprint density at radius 1 is 1.29 bits per heavy atom. The summed E-state index contributed by atoms with van der Waals surface area (Å²) in [5.74, 6) is 0.989. The van der Waals surface area contributed by atoms with E-state index in [4.69, 9.17) is 10.5 Å². The monoisotopic (exact) mass is 404 g/mol. The van der Waals surface area contributed by atoms with Gasteiger partial charge >= 0.3 is 0 Å². The number of ether oxygens (including phenoxy) is 1. The van der Waals surface area contributed by atoms with Crippen molar-refractivity contribution in [3.8, 4) is 5.75 Å². The van der Waals surface area contributed by atoms with Crippen LogP contribution in [0.3, 0.4) is 0 Å². The van der Waals surface area contributed by atoms with Crippen molar-refractivity contribution in [2.75, 3.05) is 17.7 Å². The highest BCUT2D eigenvalue weighted by Crippen LogP contribution is 2.34. The molecule has 1 amide bonds. The summed E-state index contributed by atoms with van der Waals surface area (Å²) in [4.78, 5) is 11.4. The summed E-state index contributed by atoms with van der Waals surface area (Å²) >= 11 is 0. The van der Waals surface area contributed by atoms with E-state index in [1.54, 1.807) is 0 Å². The molecule has 2 atom stereocenters. The lowest BCUT2D eigenvalue weighted by Crippen LogP contribution is -2.22. The maximum atomic E-state index is 11.4. The number of benzene rings is 2. The van der Waals surface area contributed by atoms with E-state index in [9.17, 15) is 9.90 Å². The van der Waals surface area contributed by atoms with Gasteiger partial charge in [0.1, 0.15) is 12.4 Å². The van der Waals surface area contributed by atoms with Gasteiger partial charge in [-0.3, -0.25) is 4.79 Å². The van der Waals surface area contributed by atoms with Crippen molar-refractivity contribution in [3.05, 3.63) is 53.6 Å². The van der Waals surface area contributed by atoms with Crippen LogP contribution in [0.2, 0.25) is 0 Å². The number of para-hydroxylation sites is 1. The molecule has 5 nitrogen and oxygen atoms in total. The second-order valence-corrected chi connectivity index (χ2v) is 7.32. The molecular formula is C22H29ClN2O3. The predicted octanol–water partition coefficient (Wildman–Crippen LogP) is 3.97. The third-order valence-corrected chi connectivity index (χ3v) is 5.11. The molecule has 0 spiro atoms. The Hall–Kier alpha value is -2.24. The van der Waals surface area contributed by atoms with Gasteiger partial charge in [-0.05, 0) is 67.3 Å². The highest BCUT2D eigenvalue weighted by atomic mass is 35.5. The average Bonchev–Trinajstić information content (AvgIpc) is 2.85. The maximum absolute atomic E-state index is 11.4. The number of anilines is 2. The largest absolute Gasteiger partial charge is 0.491 e. The van der Waals surface area contributed by atoms with Crippen molar-refractivity contribution >= 4 is 29.7 Å². The number of nitrogen functional groups attached to an aromatic ring is 1. The number of aliphatic hydroxyl groups excluding tert-OH is 1. The van der Waals surface area contributed by atoms with E-state index in [0.717, 1.165) is 37.0 Å². The van der Waals surface area contributed by atoms with Crippen LogP contribution in [0.1, 0.15) is 37.3 Å². The maximum Gasteiger partial charge on any atom is 0.221 e. The van der Waals surface area contributed by atoms with Crippen LogP contribution in [0.5, 0.6) is 5.75 Å². The molecule has 2 aromatic carbocycles. The zero-order chi connectivity index (χ0) is 19.2. The fraction of sp³-hybridized carbons (Fsp3) is 0.409. The number of carbonyl (C=O) groups excluding carboxylic acids is 1. The standard InChI is InChI=1S/C22H28N2O3.ClH/c1-15(25)24-21-11-10-17-7-5-6-16(13-20(17)22(21)23)12-18(26)14-27-19-8-3-2-4-9-19;/h2-4,8-11,16,18,26H,5-7,12-14,23H2,1H3,(H,24,25);1H/t16?,18-;/m0./s1. The lowest BCUT2D eigenvalue weighted by Gasteiger charge is -2.21. The number of aliphatic hydroxyl groups is 1. The summed E-state index contributed by atoms with van der Waals surface area (Å²) in [5.41, 5.74) is 10.0. The van der Waals surface area contributed by atoms with Crippen LogP contribution >= 0.6 is 12.4 Å². The second-order valence-electron chi connectivity index (χ2n) is 7.32. The van der Waals surface area contributed by atoms with Crippen molar-refractivity contribution < 1.29 is 14.6 Å². The van der Waals surface area contributed by atoms with Gasteiger partial charge in [0.25, 0.3) is 0 Å². The van der Waals surface area contributed by atoms with E-state index in [2.05, 4.69) is 11.4 Å². The van der Waals surface area contributed by atoms with Gasteiger partial charge in [0.15, 0.2) is 0 Å². The molecule has 0 heterocycles. The molecule has 1 aliphatic carbocycles. The molecular weight excluding hydrogens is 376 g/mol. The zero-order valence-electron chi connectivity index (χ0n) is 16.2. The normalized spacial score (nSPS) is 16.9. The van der Waals surface area contributed by atoms with Gasteiger partial charge in [-0.2, -0.15) is 0 Å². The summed E-state index contributed by atoms with van der Waals surface area (Å²) in [6, 6.07) is 13.5. The van der Waals surface area contributed by atoms with Gasteiger partial charge in [0, 0.05) is 6.92 Å². The van der Waals surface area contributed by atoms with Crippen molar-refractivity contribution in [2.24, 2.45) is 5.92 Å². The van der Waals surface area contributed by atoms with Gasteiger partial charge in [-0.25, -0.2) is 0 Å². The van der Waals surface area contributed by atoms with Crippen LogP contribution in [0.4, 0.5) is 11.4 Å². The Balaban J connectivity index is 0.00000280. The van der Waals surface area contributed by atoms with Gasteiger partial charge in [0.2, 0.25) is 5.91 Å². The Morgan fingerprint density at radius 3 is 2.75 bits per heavy atom. The average molecular weight is 405 g/mol. The molecule has 0 bridgehead atoms. The van der Waals surface area contributed by atoms with Crippen LogP contribution in [0, 0.1) is 5.92 Å². The first-order valence-corrected chi connectivity index (χ1v) is 9.56. The minimum absolute atomic E-state index is 0. The van der Waals surface area contributed by atoms with E-state index in [1.165, 1.54) is 12.5 Å². The molecule has 2 aromatic rings. The van der Waals surface area contributed by atoms with Gasteiger partial charge in [-0.1, -0.05) is 24.3 Å². The Bertz CT molecular complexity index is 783. The highest BCUT2D eigenvalue weighted by molar-refractivity contribution is 5.93. The molecule has 0 radical (unpaired) electrons. The summed E-state index contributed by atoms with van der Waals surface area (Å²) in [7, 11) is 0. The molecule has 0 fully saturated rings. The zero-order valence-corrected chi connectivity index (χ0v) is 17.0. The smallest absolute Gasteiger partial charge is 0.221 e. The summed E-state index contributed by atoms with van der Waals surface area (Å²) in [6.07, 6.45) is 4.08. The fourth-order valence-electron chi connectivity index (χ4n) is 3.82. The number of rotatable bonds is 6. The number of nitrogens with two attached hydrogens (primary N) is 1. The molecule has 0 saturated carbocycles. The number of hydrogen-bond donors (Lipinski definition) is 3. The SMILES string of the molecule is CC(=O)Nc1ccc2c(c1N)CC(C[C@H](O)COc1ccccc1)CCC2.Cl. The van der Waals surface area contributed by atoms with Crippen LogP contribution < -0.4 is 15.8 Å². The predicted molar refractivity (Wildman–Crippen MR) is 115 cm³/mol. The van der Waals surface area contributed by atoms with Gasteiger partial charge in [-0.15, -0.1) is 12.4 Å². The third-order valence-electron chi connectivity index (χ3n) is 5.11. The van der Waals surface area contributed by atoms with Crippen molar-refractivity contribution in [1.82, 2.24) is 0 Å². The van der Waals surface area contributed by atoms with E-state index in [0.29, 0.717) is 23.7 Å². The van der Waals surface area contributed by atoms with Crippen LogP contribution in [-0.4, -0.2) is 23.7 Å². The van der Waals surface area contributed by atoms with Gasteiger partial charge < -0.3 is 20.9 Å². The summed E-state index contributed by atoms with van der Waals surface area (Å²) < 4.78 is 5.67. The van der Waals surface area contributed by atoms with Crippen LogP contribution in [0.15, 0.2) is 42.5 Å². The number of nitrogens with one attached hydrogen (secondary N) is 1. The third kappa shape index (κ3) is 5.88. The first-order valence-electron chi connectivity index (χ1n) is 9.56. The minimum Gasteiger partial charge on any atom is -0.491 e. The number of hydrogen-bond acceptors (Lipinski definition) is 4. The molecule has 6 heteroatoms. The molecule has 152 valence electrons. The summed E-state index contributed by atoms with van der Waals surface area (Å²) in [6.45, 7) is 1.77. The number of halogens is 1. The molecule has 1 aliphatic rings. The van der Waals surface area contributed by atoms with E-state index in [-0.39, 0.29) is 24.9 Å². The molecule has 3 rings (SSSR count). The summed E-state index contributed by atoms with van der Waals surface area (Å²) in [5, 5.41) is 13.2. The molecule has 4 N–H and O–H groups in total. The van der Waals surface area contributed by atoms with Crippen LogP contribution in [-0.2, 0) is 17.6 Å². The highest BCUT2D eigenvalue weighted by Gasteiger charge is 2.23. The number of aryl methyl sites for hydroxylation is 1. The number of fused-ring (bicyclic) bond motifs is 1. The van der Waals surface area contributed by atoms with Crippen molar-refractivity contribution in [1.29, 1.82) is 0 Å². The van der Waals surface area contributed by atoms with Crippen molar-refractivity contribution in [3.63, 3.8) is 0 Å². The molecule has 0 aliphatic heterocycles.